The van der Waals surface area contributed by atoms with Crippen LogP contribution >= 0.6 is 0 Å². The van der Waals surface area contributed by atoms with Crippen molar-refractivity contribution in [2.75, 3.05) is 36.0 Å². The summed E-state index contributed by atoms with van der Waals surface area (Å²) in [5.74, 6) is -0.317. The van der Waals surface area contributed by atoms with Crippen molar-refractivity contribution in [2.45, 2.75) is 46.4 Å². The van der Waals surface area contributed by atoms with Gasteiger partial charge in [0.15, 0.2) is 0 Å². The standard InChI is InChI=1S/C21H30N3O4.C4H3N2.U/c1-14-12-16-13-17(6-7-18(16)24(15(2)25)19(14)26)22-8-10-23(11-9-22)20(27)28-21(3,4)5;1-2-5-4-6-3-1;/h6-7,12-14,19,26H,8-11H2,1-5H3;1-3H;/q2*-1;+2/t14-,19+;;/m1../s1. The zero-order valence-corrected chi connectivity index (χ0v) is 25.1. The summed E-state index contributed by atoms with van der Waals surface area (Å²) < 4.78 is 5.45. The fraction of sp³-hybridized carbons (Fsp3) is 0.480. The van der Waals surface area contributed by atoms with Crippen LogP contribution in [0.15, 0.2) is 36.7 Å². The molecule has 1 fully saturated rings. The fourth-order valence-corrected chi connectivity index (χ4v) is 3.89. The zero-order valence-electron chi connectivity index (χ0n) is 20.9. The number of carbonyl (C=O) groups excluding carboxylic acids is 2. The van der Waals surface area contributed by atoms with Crippen LogP contribution in [-0.2, 0) is 9.53 Å². The molecule has 1 N–H and O–H groups in total. The van der Waals surface area contributed by atoms with E-state index < -0.39 is 11.8 Å². The number of aromatic nitrogens is 2. The minimum Gasteiger partial charge on any atom is -0.444 e. The molecule has 2 atom stereocenters. The van der Waals surface area contributed by atoms with Gasteiger partial charge in [-0.05, 0) is 32.4 Å². The Balaban J connectivity index is 0.000000539. The maximum atomic E-state index is 12.2. The summed E-state index contributed by atoms with van der Waals surface area (Å²) in [6.07, 6.45) is 6.54. The van der Waals surface area contributed by atoms with Crippen molar-refractivity contribution >= 4 is 23.4 Å². The maximum absolute atomic E-state index is 12.2. The first-order chi connectivity index (χ1) is 16.1. The number of fused-ring (bicyclic) bond motifs is 1. The minimum absolute atomic E-state index is 0. The van der Waals surface area contributed by atoms with Crippen LogP contribution in [-0.4, -0.2) is 70.0 Å². The van der Waals surface area contributed by atoms with E-state index >= 15 is 0 Å². The van der Waals surface area contributed by atoms with Crippen LogP contribution in [0.4, 0.5) is 16.2 Å². The molecule has 0 bridgehead atoms. The molecule has 35 heavy (non-hydrogen) atoms. The number of anilines is 2. The van der Waals surface area contributed by atoms with Crippen LogP contribution < -0.4 is 9.80 Å². The number of nitrogens with zero attached hydrogens (tertiary/aromatic N) is 5. The largest absolute Gasteiger partial charge is 2.00 e. The molecule has 2 aromatic rings. The van der Waals surface area contributed by atoms with Crippen molar-refractivity contribution in [3.63, 3.8) is 0 Å². The molecule has 2 amide bonds. The van der Waals surface area contributed by atoms with Gasteiger partial charge in [0, 0.05) is 39.4 Å². The number of amides is 2. The average molecular weight is 706 g/mol. The summed E-state index contributed by atoms with van der Waals surface area (Å²) >= 11 is 0. The number of hydrogen-bond acceptors (Lipinski definition) is 7. The molecule has 4 rings (SSSR count). The molecule has 2 aliphatic rings. The molecule has 1 aromatic heterocycles. The van der Waals surface area contributed by atoms with E-state index in [-0.39, 0.29) is 49.0 Å². The molecule has 0 saturated carbocycles. The summed E-state index contributed by atoms with van der Waals surface area (Å²) in [5, 5.41) is 10.3. The summed E-state index contributed by atoms with van der Waals surface area (Å²) in [7, 11) is 0. The molecular formula is C25H33N5O4U. The smallest absolute Gasteiger partial charge is 0.444 e. The van der Waals surface area contributed by atoms with Gasteiger partial charge in [-0.25, -0.2) is 4.79 Å². The van der Waals surface area contributed by atoms with E-state index in [0.717, 1.165) is 16.9 Å². The number of benzene rings is 1. The van der Waals surface area contributed by atoms with E-state index in [1.165, 1.54) is 11.8 Å². The molecular weight excluding hydrogens is 672 g/mol. The van der Waals surface area contributed by atoms with Crippen LogP contribution in [0.2, 0.25) is 0 Å². The molecule has 1 aromatic carbocycles. The molecule has 9 nitrogen and oxygen atoms in total. The Hall–Kier alpha value is -2.28. The number of aliphatic hydroxyl groups excluding tert-OH is 1. The number of rotatable bonds is 1. The van der Waals surface area contributed by atoms with Crippen LogP contribution in [0.25, 0.3) is 0 Å². The summed E-state index contributed by atoms with van der Waals surface area (Å²) in [6.45, 7) is 11.6. The first kappa shape index (κ1) is 29.0. The quantitative estimate of drug-likeness (QED) is 0.456. The van der Waals surface area contributed by atoms with Gasteiger partial charge in [0.05, 0.1) is 0 Å². The molecule has 0 aliphatic carbocycles. The Morgan fingerprint density at radius 2 is 1.77 bits per heavy atom. The average Bonchev–Trinajstić information content (AvgIpc) is 2.80. The number of ether oxygens (including phenoxy) is 1. The van der Waals surface area contributed by atoms with Gasteiger partial charge < -0.3 is 34.5 Å². The Morgan fingerprint density at radius 3 is 2.26 bits per heavy atom. The number of carbonyl (C=O) groups is 2. The fourth-order valence-electron chi connectivity index (χ4n) is 3.89. The van der Waals surface area contributed by atoms with Gasteiger partial charge in [-0.1, -0.05) is 37.1 Å². The van der Waals surface area contributed by atoms with E-state index in [1.807, 2.05) is 46.2 Å². The van der Waals surface area contributed by atoms with Gasteiger partial charge in [0.2, 0.25) is 5.91 Å². The first-order valence-electron chi connectivity index (χ1n) is 11.4. The van der Waals surface area contributed by atoms with E-state index in [2.05, 4.69) is 27.3 Å². The Kier molecular flexibility index (Phi) is 10.4. The Labute approximate surface area is 231 Å². The van der Waals surface area contributed by atoms with Gasteiger partial charge in [0.25, 0.3) is 0 Å². The molecule has 1 saturated heterocycles. The zero-order chi connectivity index (χ0) is 24.9. The predicted molar refractivity (Wildman–Crippen MR) is 129 cm³/mol. The maximum Gasteiger partial charge on any atom is 2.00 e. The van der Waals surface area contributed by atoms with Crippen molar-refractivity contribution in [2.24, 2.45) is 5.92 Å². The topological polar surface area (TPSA) is 99.1 Å². The molecule has 186 valence electrons. The van der Waals surface area contributed by atoms with Gasteiger partial charge >= 0.3 is 37.2 Å². The molecule has 10 heteroatoms. The normalized spacial score (nSPS) is 19.3. The molecule has 2 aliphatic heterocycles. The van der Waals surface area contributed by atoms with E-state index in [1.54, 1.807) is 23.4 Å². The van der Waals surface area contributed by atoms with Crippen molar-refractivity contribution in [1.82, 2.24) is 14.9 Å². The third kappa shape index (κ3) is 7.86. The summed E-state index contributed by atoms with van der Waals surface area (Å²) in [5.41, 5.74) is 2.23. The minimum atomic E-state index is -0.840. The van der Waals surface area contributed by atoms with Crippen LogP contribution in [0.3, 0.4) is 0 Å². The van der Waals surface area contributed by atoms with Crippen molar-refractivity contribution in [3.05, 3.63) is 55.0 Å². The second-order valence-electron chi connectivity index (χ2n) is 9.37. The second kappa shape index (κ2) is 12.6. The SMILES string of the molecule is CC(=O)N1c2ccc(N3CCN(C(=O)OC(C)(C)C)CC3)cc2[CH-][C@@H](C)[C@@H]1O.[U+2].[c-]1ncccn1. The van der Waals surface area contributed by atoms with E-state index in [4.69, 9.17) is 4.74 Å². The van der Waals surface area contributed by atoms with Crippen LogP contribution in [0, 0.1) is 49.8 Å². The van der Waals surface area contributed by atoms with Crippen molar-refractivity contribution < 1.29 is 50.5 Å². The monoisotopic (exact) mass is 705 g/mol. The number of piperazine rings is 1. The van der Waals surface area contributed by atoms with E-state index in [9.17, 15) is 14.7 Å². The summed E-state index contributed by atoms with van der Waals surface area (Å²) in [4.78, 5) is 36.7. The Bertz CT molecular complexity index is 951. The number of aliphatic hydroxyl groups is 1. The molecule has 0 unspecified atom stereocenters. The third-order valence-electron chi connectivity index (χ3n) is 5.52. The van der Waals surface area contributed by atoms with E-state index in [0.29, 0.717) is 26.2 Å². The molecule has 0 spiro atoms. The van der Waals surface area contributed by atoms with Crippen molar-refractivity contribution in [1.29, 1.82) is 0 Å². The van der Waals surface area contributed by atoms with Crippen LogP contribution in [0.1, 0.15) is 40.2 Å². The molecule has 0 radical (unpaired) electrons. The van der Waals surface area contributed by atoms with Gasteiger partial charge in [-0.2, -0.15) is 12.0 Å². The van der Waals surface area contributed by atoms with Gasteiger partial charge in [0.1, 0.15) is 11.8 Å². The Morgan fingerprint density at radius 1 is 1.14 bits per heavy atom. The molecule has 3 heterocycles. The van der Waals surface area contributed by atoms with Crippen molar-refractivity contribution in [3.8, 4) is 0 Å². The van der Waals surface area contributed by atoms with Gasteiger partial charge in [-0.15, -0.1) is 12.1 Å². The van der Waals surface area contributed by atoms with Gasteiger partial charge in [-0.3, -0.25) is 4.79 Å². The third-order valence-corrected chi connectivity index (χ3v) is 5.52. The van der Waals surface area contributed by atoms with Crippen LogP contribution in [0.5, 0.6) is 0 Å². The first-order valence-corrected chi connectivity index (χ1v) is 11.4. The predicted octanol–water partition coefficient (Wildman–Crippen LogP) is 2.89. The second-order valence-corrected chi connectivity index (χ2v) is 9.37. The number of hydrogen-bond donors (Lipinski definition) is 1. The summed E-state index contributed by atoms with van der Waals surface area (Å²) in [6, 6.07) is 7.65.